The molecule has 36 heavy (non-hydrogen) atoms. The van der Waals surface area contributed by atoms with E-state index in [0.717, 1.165) is 0 Å². The van der Waals surface area contributed by atoms with Gasteiger partial charge in [-0.25, -0.2) is 0 Å². The fourth-order valence-corrected chi connectivity index (χ4v) is 6.50. The minimum Gasteiger partial charge on any atom is -0.465 e. The number of nitrogens with zero attached hydrogens (tertiary/aromatic N) is 3. The number of fused-ring (bicyclic) bond motifs is 1. The molecule has 2 aromatic rings. The second-order valence-electron chi connectivity index (χ2n) is 8.51. The van der Waals surface area contributed by atoms with Crippen LogP contribution in [-0.2, 0) is 35.3 Å². The van der Waals surface area contributed by atoms with Crippen molar-refractivity contribution < 1.29 is 33.6 Å². The van der Waals surface area contributed by atoms with Crippen molar-refractivity contribution in [3.05, 3.63) is 57.5 Å². The number of carbonyl (C=O) groups is 4. The van der Waals surface area contributed by atoms with E-state index in [0.29, 0.717) is 10.6 Å². The number of hydrogen-bond acceptors (Lipinski definition) is 10. The van der Waals surface area contributed by atoms with Gasteiger partial charge in [0.25, 0.3) is 5.69 Å². The summed E-state index contributed by atoms with van der Waals surface area (Å²) in [5, 5.41) is 13.0. The number of ether oxygens (including phenoxy) is 2. The number of nitro benzene ring substituents is 1. The van der Waals surface area contributed by atoms with Crippen molar-refractivity contribution in [2.24, 2.45) is 5.41 Å². The van der Waals surface area contributed by atoms with Crippen LogP contribution in [0, 0.1) is 15.5 Å². The first-order valence-electron chi connectivity index (χ1n) is 10.9. The summed E-state index contributed by atoms with van der Waals surface area (Å²) in [5.41, 5.74) is -0.830. The summed E-state index contributed by atoms with van der Waals surface area (Å²) < 4.78 is 10.7. The van der Waals surface area contributed by atoms with Crippen LogP contribution < -0.4 is 4.90 Å². The van der Waals surface area contributed by atoms with Gasteiger partial charge in [-0.1, -0.05) is 0 Å². The van der Waals surface area contributed by atoms with Crippen LogP contribution in [0.25, 0.3) is 0 Å². The molecule has 1 aromatic heterocycles. The van der Waals surface area contributed by atoms with Gasteiger partial charge in [-0.3, -0.25) is 34.2 Å². The average molecular weight is 534 g/mol. The SMILES string of the molecule is CC(=O)OCC1(C(=O)OCc2ccc([N+](=O)[O-])cc2)CS[C@@H]2C(N(C(C)=O)c3cccs3)C(=O)N2C1. The molecular weight excluding hydrogens is 510 g/mol. The monoisotopic (exact) mass is 533 g/mol. The number of benzene rings is 1. The van der Waals surface area contributed by atoms with Crippen LogP contribution in [0.4, 0.5) is 10.7 Å². The summed E-state index contributed by atoms with van der Waals surface area (Å²) in [6.45, 7) is 2.20. The minimum atomic E-state index is -1.29. The number of esters is 2. The molecule has 2 unspecified atom stereocenters. The van der Waals surface area contributed by atoms with Gasteiger partial charge in [0.2, 0.25) is 11.8 Å². The van der Waals surface area contributed by atoms with E-state index < -0.39 is 28.3 Å². The lowest BCUT2D eigenvalue weighted by Crippen LogP contribution is -2.74. The van der Waals surface area contributed by atoms with Crippen molar-refractivity contribution in [1.82, 2.24) is 4.90 Å². The van der Waals surface area contributed by atoms with Gasteiger partial charge in [-0.2, -0.15) is 0 Å². The predicted molar refractivity (Wildman–Crippen MR) is 131 cm³/mol. The maximum Gasteiger partial charge on any atom is 0.318 e. The predicted octanol–water partition coefficient (Wildman–Crippen LogP) is 2.59. The first kappa shape index (κ1) is 25.6. The molecule has 1 aromatic carbocycles. The number of nitro groups is 1. The zero-order valence-corrected chi connectivity index (χ0v) is 21.1. The van der Waals surface area contributed by atoms with Crippen molar-refractivity contribution in [2.45, 2.75) is 31.9 Å². The molecule has 2 saturated heterocycles. The van der Waals surface area contributed by atoms with Gasteiger partial charge in [0.05, 0.1) is 9.92 Å². The van der Waals surface area contributed by atoms with E-state index in [1.807, 2.05) is 5.38 Å². The Balaban J connectivity index is 1.49. The fraction of sp³-hybridized carbons (Fsp3) is 0.391. The quantitative estimate of drug-likeness (QED) is 0.217. The Bertz CT molecular complexity index is 1190. The van der Waals surface area contributed by atoms with Crippen LogP contribution in [0.15, 0.2) is 41.8 Å². The summed E-state index contributed by atoms with van der Waals surface area (Å²) in [5.74, 6) is -1.56. The third-order valence-corrected chi connectivity index (χ3v) is 8.42. The molecule has 0 radical (unpaired) electrons. The summed E-state index contributed by atoms with van der Waals surface area (Å²) in [7, 11) is 0. The summed E-state index contributed by atoms with van der Waals surface area (Å²) >= 11 is 2.69. The molecule has 0 spiro atoms. The van der Waals surface area contributed by atoms with Crippen molar-refractivity contribution in [3.63, 3.8) is 0 Å². The molecule has 2 aliphatic heterocycles. The summed E-state index contributed by atoms with van der Waals surface area (Å²) in [6.07, 6.45) is 0. The Kier molecular flexibility index (Phi) is 7.31. The molecule has 190 valence electrons. The topological polar surface area (TPSA) is 136 Å². The van der Waals surface area contributed by atoms with E-state index in [2.05, 4.69) is 0 Å². The Morgan fingerprint density at radius 1 is 1.19 bits per heavy atom. The van der Waals surface area contributed by atoms with Gasteiger partial charge in [-0.05, 0) is 35.2 Å². The third kappa shape index (κ3) is 4.93. The van der Waals surface area contributed by atoms with Crippen molar-refractivity contribution in [3.8, 4) is 0 Å². The first-order valence-corrected chi connectivity index (χ1v) is 12.8. The highest BCUT2D eigenvalue weighted by Gasteiger charge is 2.60. The van der Waals surface area contributed by atoms with E-state index in [4.69, 9.17) is 9.47 Å². The van der Waals surface area contributed by atoms with Crippen LogP contribution in [0.3, 0.4) is 0 Å². The van der Waals surface area contributed by atoms with Gasteiger partial charge < -0.3 is 14.4 Å². The highest BCUT2D eigenvalue weighted by Crippen LogP contribution is 2.46. The van der Waals surface area contributed by atoms with Gasteiger partial charge in [0.15, 0.2) is 0 Å². The number of thioether (sulfide) groups is 1. The standard InChI is InChI=1S/C23H23N3O8S2/c1-14(27)25(18-4-3-9-35-18)19-20(29)24-11-23(12-34-15(2)28,13-36-21(19)24)22(30)33-10-16-5-7-17(8-6-16)26(31)32/h3-9,19,21H,10-13H2,1-2H3/t19?,21-,23?/m1/s1. The second-order valence-corrected chi connectivity index (χ2v) is 10.5. The fourth-order valence-electron chi connectivity index (χ4n) is 4.13. The Hall–Kier alpha value is -3.45. The van der Waals surface area contributed by atoms with Gasteiger partial charge in [0, 0.05) is 38.3 Å². The highest BCUT2D eigenvalue weighted by atomic mass is 32.2. The van der Waals surface area contributed by atoms with Gasteiger partial charge in [0.1, 0.15) is 30.0 Å². The molecule has 2 amide bonds. The number of β-lactam (4-membered cyclic amide) rings is 1. The lowest BCUT2D eigenvalue weighted by molar-refractivity contribution is -0.384. The van der Waals surface area contributed by atoms with E-state index in [1.165, 1.54) is 71.0 Å². The van der Waals surface area contributed by atoms with Gasteiger partial charge in [-0.15, -0.1) is 23.1 Å². The minimum absolute atomic E-state index is 0.0252. The number of rotatable bonds is 8. The van der Waals surface area contributed by atoms with E-state index in [-0.39, 0.29) is 48.4 Å². The molecule has 0 aliphatic carbocycles. The normalized spacial score (nSPS) is 22.7. The molecule has 3 atom stereocenters. The number of non-ortho nitro benzene ring substituents is 1. The maximum atomic E-state index is 13.2. The number of anilines is 1. The van der Waals surface area contributed by atoms with Crippen molar-refractivity contribution in [1.29, 1.82) is 0 Å². The number of carbonyl (C=O) groups excluding carboxylic acids is 4. The zero-order chi connectivity index (χ0) is 26.0. The molecule has 11 nitrogen and oxygen atoms in total. The lowest BCUT2D eigenvalue weighted by Gasteiger charge is -2.55. The molecular formula is C23H23N3O8S2. The van der Waals surface area contributed by atoms with E-state index in [1.54, 1.807) is 12.1 Å². The zero-order valence-electron chi connectivity index (χ0n) is 19.4. The van der Waals surface area contributed by atoms with Gasteiger partial charge >= 0.3 is 11.9 Å². The first-order chi connectivity index (χ1) is 17.1. The molecule has 13 heteroatoms. The lowest BCUT2D eigenvalue weighted by atomic mass is 9.87. The van der Waals surface area contributed by atoms with Crippen molar-refractivity contribution in [2.75, 3.05) is 23.8 Å². The Morgan fingerprint density at radius 3 is 2.50 bits per heavy atom. The van der Waals surface area contributed by atoms with Crippen LogP contribution in [0.1, 0.15) is 19.4 Å². The molecule has 3 heterocycles. The third-order valence-electron chi connectivity index (χ3n) is 5.98. The Morgan fingerprint density at radius 2 is 1.92 bits per heavy atom. The average Bonchev–Trinajstić information content (AvgIpc) is 3.38. The van der Waals surface area contributed by atoms with Crippen molar-refractivity contribution >= 4 is 57.5 Å². The van der Waals surface area contributed by atoms with E-state index in [9.17, 15) is 29.3 Å². The van der Waals surface area contributed by atoms with E-state index >= 15 is 0 Å². The molecule has 4 rings (SSSR count). The molecule has 0 saturated carbocycles. The second kappa shape index (κ2) is 10.3. The highest BCUT2D eigenvalue weighted by molar-refractivity contribution is 8.00. The number of hydrogen-bond donors (Lipinski definition) is 0. The van der Waals surface area contributed by atoms with Crippen LogP contribution in [0.2, 0.25) is 0 Å². The van der Waals surface area contributed by atoms with Crippen LogP contribution >= 0.6 is 23.1 Å². The Labute approximate surface area is 214 Å². The maximum absolute atomic E-state index is 13.2. The number of thiophene rings is 1. The molecule has 0 bridgehead atoms. The largest absolute Gasteiger partial charge is 0.465 e. The summed E-state index contributed by atoms with van der Waals surface area (Å²) in [4.78, 5) is 63.6. The molecule has 2 aliphatic rings. The van der Waals surface area contributed by atoms with Crippen LogP contribution in [0.5, 0.6) is 0 Å². The molecule has 0 N–H and O–H groups in total. The molecule has 2 fully saturated rings. The van der Waals surface area contributed by atoms with Crippen LogP contribution in [-0.4, -0.2) is 63.9 Å². The summed E-state index contributed by atoms with van der Waals surface area (Å²) in [6, 6.07) is 8.49. The smallest absolute Gasteiger partial charge is 0.318 e. The number of amides is 2.